The smallest absolute Gasteiger partial charge is 0.462 e. The van der Waals surface area contributed by atoms with E-state index in [1.165, 1.54) is 141 Å². The topological polar surface area (TPSA) is 134 Å². The van der Waals surface area contributed by atoms with Gasteiger partial charge in [0.25, 0.3) is 0 Å². The number of unbranched alkanes of at least 4 members (excludes halogenated alkanes) is 27. The number of ether oxygens (including phenoxy) is 2. The Bertz CT molecular complexity index is 886. The molecule has 0 rings (SSSR count). The SMILES string of the molecule is CCCCCCCC/C=C\CCCCCCCCCC(=O)OC(COC(=O)CCCCCCCCCCCCCCCCC)COP(=O)(O)OCCN. The third-order valence-corrected chi connectivity index (χ3v) is 10.6. The van der Waals surface area contributed by atoms with Gasteiger partial charge >= 0.3 is 19.8 Å². The van der Waals surface area contributed by atoms with E-state index in [2.05, 4.69) is 26.0 Å². The minimum atomic E-state index is -4.37. The maximum atomic E-state index is 12.6. The molecule has 9 nitrogen and oxygen atoms in total. The fraction of sp³-hybridized carbons (Fsp3) is 0.907. The Hall–Kier alpha value is -1.25. The third kappa shape index (κ3) is 40.2. The number of hydrogen-bond donors (Lipinski definition) is 2. The fourth-order valence-electron chi connectivity index (χ4n) is 6.34. The van der Waals surface area contributed by atoms with Crippen molar-refractivity contribution in [2.24, 2.45) is 5.73 Å². The number of allylic oxidation sites excluding steroid dienone is 2. The molecule has 2 atom stereocenters. The van der Waals surface area contributed by atoms with Crippen molar-refractivity contribution in [3.05, 3.63) is 12.2 Å². The average Bonchev–Trinajstić information content (AvgIpc) is 3.14. The monoisotopic (exact) mass is 774 g/mol. The van der Waals surface area contributed by atoms with Crippen LogP contribution in [0.2, 0.25) is 0 Å². The van der Waals surface area contributed by atoms with E-state index in [4.69, 9.17) is 24.3 Å². The van der Waals surface area contributed by atoms with E-state index in [9.17, 15) is 19.0 Å². The van der Waals surface area contributed by atoms with Crippen LogP contribution in [0.25, 0.3) is 0 Å². The van der Waals surface area contributed by atoms with Gasteiger partial charge in [0.05, 0.1) is 13.2 Å². The zero-order valence-electron chi connectivity index (χ0n) is 34.5. The van der Waals surface area contributed by atoms with E-state index in [0.29, 0.717) is 6.42 Å². The predicted octanol–water partition coefficient (Wildman–Crippen LogP) is 12.6. The van der Waals surface area contributed by atoms with Crippen molar-refractivity contribution in [3.63, 3.8) is 0 Å². The number of phosphoric acid groups is 1. The highest BCUT2D eigenvalue weighted by atomic mass is 31.2. The summed E-state index contributed by atoms with van der Waals surface area (Å²) in [6.45, 7) is 3.75. The number of nitrogens with two attached hydrogens (primary N) is 1. The van der Waals surface area contributed by atoms with E-state index in [-0.39, 0.29) is 38.6 Å². The van der Waals surface area contributed by atoms with Crippen molar-refractivity contribution < 1.29 is 37.6 Å². The molecule has 10 heteroatoms. The molecule has 0 aromatic heterocycles. The first-order valence-corrected chi connectivity index (χ1v) is 23.7. The van der Waals surface area contributed by atoms with Gasteiger partial charge in [0, 0.05) is 19.4 Å². The van der Waals surface area contributed by atoms with Crippen molar-refractivity contribution in [1.82, 2.24) is 0 Å². The highest BCUT2D eigenvalue weighted by Gasteiger charge is 2.26. The van der Waals surface area contributed by atoms with E-state index in [1.54, 1.807) is 0 Å². The van der Waals surface area contributed by atoms with E-state index in [0.717, 1.165) is 44.9 Å². The van der Waals surface area contributed by atoms with E-state index >= 15 is 0 Å². The van der Waals surface area contributed by atoms with Gasteiger partial charge in [-0.25, -0.2) is 4.57 Å². The summed E-state index contributed by atoms with van der Waals surface area (Å²) in [7, 11) is -4.37. The average molecular weight is 774 g/mol. The molecule has 0 radical (unpaired) electrons. The Kier molecular flexibility index (Phi) is 39.5. The first-order valence-electron chi connectivity index (χ1n) is 22.2. The lowest BCUT2D eigenvalue weighted by Crippen LogP contribution is -2.29. The first kappa shape index (κ1) is 51.8. The van der Waals surface area contributed by atoms with Crippen LogP contribution in [0.1, 0.15) is 219 Å². The molecular formula is C43H84NO8P. The third-order valence-electron chi connectivity index (χ3n) is 9.65. The van der Waals surface area contributed by atoms with Crippen LogP contribution in [-0.2, 0) is 32.7 Å². The van der Waals surface area contributed by atoms with Gasteiger partial charge in [0.1, 0.15) is 6.61 Å². The van der Waals surface area contributed by atoms with Crippen LogP contribution in [0, 0.1) is 0 Å². The van der Waals surface area contributed by atoms with Gasteiger partial charge in [-0.1, -0.05) is 180 Å². The Morgan fingerprint density at radius 2 is 0.925 bits per heavy atom. The number of hydrogen-bond acceptors (Lipinski definition) is 8. The molecule has 0 aromatic carbocycles. The summed E-state index contributed by atoms with van der Waals surface area (Å²) in [4.78, 5) is 34.9. The van der Waals surface area contributed by atoms with Gasteiger partial charge in [-0.3, -0.25) is 18.6 Å². The molecule has 0 saturated carbocycles. The molecule has 314 valence electrons. The number of esters is 2. The molecule has 53 heavy (non-hydrogen) atoms. The van der Waals surface area contributed by atoms with Crippen molar-refractivity contribution in [1.29, 1.82) is 0 Å². The van der Waals surface area contributed by atoms with Crippen molar-refractivity contribution in [2.75, 3.05) is 26.4 Å². The lowest BCUT2D eigenvalue weighted by molar-refractivity contribution is -0.161. The standard InChI is InChI=1S/C43H84NO8P/c1-3-5-7-9-11-13-15-17-19-20-22-24-26-28-30-32-34-36-43(46)52-41(40-51-53(47,48)50-38-37-44)39-49-42(45)35-33-31-29-27-25-23-21-18-16-14-12-10-8-6-4-2/h17,19,41H,3-16,18,20-40,44H2,1-2H3,(H,47,48)/b19-17-. The predicted molar refractivity (Wildman–Crippen MR) is 220 cm³/mol. The van der Waals surface area contributed by atoms with Crippen molar-refractivity contribution >= 4 is 19.8 Å². The maximum absolute atomic E-state index is 12.6. The summed E-state index contributed by atoms with van der Waals surface area (Å²) < 4.78 is 32.8. The maximum Gasteiger partial charge on any atom is 0.472 e. The minimum Gasteiger partial charge on any atom is -0.462 e. The minimum absolute atomic E-state index is 0.0555. The van der Waals surface area contributed by atoms with Crippen molar-refractivity contribution in [2.45, 2.75) is 225 Å². The second-order valence-corrected chi connectivity index (χ2v) is 16.4. The largest absolute Gasteiger partial charge is 0.472 e. The van der Waals surface area contributed by atoms with Gasteiger partial charge < -0.3 is 20.1 Å². The number of rotatable bonds is 42. The van der Waals surface area contributed by atoms with Crippen LogP contribution < -0.4 is 5.73 Å². The molecule has 0 amide bonds. The molecule has 0 aliphatic heterocycles. The summed E-state index contributed by atoms with van der Waals surface area (Å²) in [5, 5.41) is 0. The van der Waals surface area contributed by atoms with Crippen LogP contribution in [0.3, 0.4) is 0 Å². The molecule has 0 aliphatic carbocycles. The van der Waals surface area contributed by atoms with Gasteiger partial charge in [-0.2, -0.15) is 0 Å². The number of phosphoric ester groups is 1. The first-order chi connectivity index (χ1) is 25.8. The summed E-state index contributed by atoms with van der Waals surface area (Å²) in [6.07, 6.45) is 40.9. The molecule has 0 fully saturated rings. The summed E-state index contributed by atoms with van der Waals surface area (Å²) in [5.41, 5.74) is 5.35. The van der Waals surface area contributed by atoms with Gasteiger partial charge in [-0.15, -0.1) is 0 Å². The molecule has 0 aliphatic rings. The molecular weight excluding hydrogens is 689 g/mol. The quantitative estimate of drug-likeness (QED) is 0.0269. The van der Waals surface area contributed by atoms with Crippen LogP contribution in [-0.4, -0.2) is 49.3 Å². The van der Waals surface area contributed by atoms with Crippen molar-refractivity contribution in [3.8, 4) is 0 Å². The van der Waals surface area contributed by atoms with Crippen LogP contribution in [0.5, 0.6) is 0 Å². The molecule has 0 heterocycles. The molecule has 0 bridgehead atoms. The molecule has 3 N–H and O–H groups in total. The number of carbonyl (C=O) groups excluding carboxylic acids is 2. The highest BCUT2D eigenvalue weighted by Crippen LogP contribution is 2.43. The van der Waals surface area contributed by atoms with Gasteiger partial charge in [0.2, 0.25) is 0 Å². The summed E-state index contributed by atoms with van der Waals surface area (Å²) >= 11 is 0. The Labute approximate surface area is 326 Å². The van der Waals surface area contributed by atoms with Gasteiger partial charge in [0.15, 0.2) is 6.10 Å². The Balaban J connectivity index is 4.12. The molecule has 0 saturated heterocycles. The zero-order valence-corrected chi connectivity index (χ0v) is 35.4. The number of carbonyl (C=O) groups is 2. The summed E-state index contributed by atoms with van der Waals surface area (Å²) in [6, 6.07) is 0. The van der Waals surface area contributed by atoms with E-state index < -0.39 is 26.5 Å². The second kappa shape index (κ2) is 40.4. The Morgan fingerprint density at radius 1 is 0.547 bits per heavy atom. The van der Waals surface area contributed by atoms with Gasteiger partial charge in [-0.05, 0) is 38.5 Å². The molecule has 2 unspecified atom stereocenters. The van der Waals surface area contributed by atoms with Crippen LogP contribution in [0.15, 0.2) is 12.2 Å². The fourth-order valence-corrected chi connectivity index (χ4v) is 7.10. The lowest BCUT2D eigenvalue weighted by atomic mass is 10.0. The lowest BCUT2D eigenvalue weighted by Gasteiger charge is -2.19. The summed E-state index contributed by atoms with van der Waals surface area (Å²) in [5.74, 6) is -0.822. The molecule has 0 spiro atoms. The second-order valence-electron chi connectivity index (χ2n) is 14.9. The van der Waals surface area contributed by atoms with Crippen LogP contribution in [0.4, 0.5) is 0 Å². The van der Waals surface area contributed by atoms with E-state index in [1.807, 2.05) is 0 Å². The molecule has 0 aromatic rings. The Morgan fingerprint density at radius 3 is 1.34 bits per heavy atom. The zero-order chi connectivity index (χ0) is 38.9. The van der Waals surface area contributed by atoms with Crippen LogP contribution >= 0.6 is 7.82 Å². The normalized spacial score (nSPS) is 13.4. The highest BCUT2D eigenvalue weighted by molar-refractivity contribution is 7.47.